The number of piperazine rings is 1. The molecule has 1 fully saturated rings. The van der Waals surface area contributed by atoms with Gasteiger partial charge < -0.3 is 24.6 Å². The predicted molar refractivity (Wildman–Crippen MR) is 191 cm³/mol. The van der Waals surface area contributed by atoms with Crippen LogP contribution in [0.1, 0.15) is 37.5 Å². The lowest BCUT2D eigenvalue weighted by atomic mass is 9.92. The maximum Gasteiger partial charge on any atom is 0.264 e. The van der Waals surface area contributed by atoms with Crippen molar-refractivity contribution in [2.24, 2.45) is 0 Å². The zero-order chi connectivity index (χ0) is 34.1. The summed E-state index contributed by atoms with van der Waals surface area (Å²) >= 11 is 0. The number of hydrogen-bond donors (Lipinski definition) is 2. The quantitative estimate of drug-likeness (QED) is 0.224. The summed E-state index contributed by atoms with van der Waals surface area (Å²) < 4.78 is 1.81. The number of rotatable bonds is 7. The Kier molecular flexibility index (Phi) is 8.95. The fraction of sp³-hybridized carbons (Fsp3) is 0.250. The average Bonchev–Trinajstić information content (AvgIpc) is 3.51. The average molecular weight is 656 g/mol. The molecule has 7 rings (SSSR count). The maximum absolute atomic E-state index is 14.7. The van der Waals surface area contributed by atoms with Crippen LogP contribution in [0.25, 0.3) is 5.69 Å². The minimum absolute atomic E-state index is 0.0138. The Labute approximate surface area is 286 Å². The minimum atomic E-state index is -0.272. The SMILES string of the molecule is Cc1cc(C(=O)N(c2ccccc2)c2ccc(O)cc2)cn1-c1cc(O)ccc1C(=O)N1Cc2ccccc2C[C@H]1CN1CCN(C)CC1. The van der Waals surface area contributed by atoms with Crippen molar-refractivity contribution >= 4 is 23.2 Å². The topological polar surface area (TPSA) is 92.5 Å². The van der Waals surface area contributed by atoms with Crippen molar-refractivity contribution in [3.8, 4) is 17.2 Å². The van der Waals surface area contributed by atoms with Crippen LogP contribution in [0, 0.1) is 6.92 Å². The summed E-state index contributed by atoms with van der Waals surface area (Å²) in [7, 11) is 2.14. The van der Waals surface area contributed by atoms with Gasteiger partial charge in [0.05, 0.1) is 16.8 Å². The zero-order valence-corrected chi connectivity index (χ0v) is 27.9. The summed E-state index contributed by atoms with van der Waals surface area (Å²) in [5.74, 6) is -0.248. The number of amides is 2. The Morgan fingerprint density at radius 2 is 1.43 bits per heavy atom. The second kappa shape index (κ2) is 13.6. The van der Waals surface area contributed by atoms with E-state index < -0.39 is 0 Å². The zero-order valence-electron chi connectivity index (χ0n) is 27.9. The Hall–Kier alpha value is -5.38. The largest absolute Gasteiger partial charge is 0.508 e. The number of para-hydroxylation sites is 1. The summed E-state index contributed by atoms with van der Waals surface area (Å²) in [6, 6.07) is 30.8. The van der Waals surface area contributed by atoms with Gasteiger partial charge in [0.1, 0.15) is 11.5 Å². The van der Waals surface area contributed by atoms with Gasteiger partial charge in [-0.05, 0) is 86.1 Å². The van der Waals surface area contributed by atoms with E-state index in [0.29, 0.717) is 34.7 Å². The van der Waals surface area contributed by atoms with E-state index in [2.05, 4.69) is 35.0 Å². The number of aryl methyl sites for hydroxylation is 1. The first kappa shape index (κ1) is 32.2. The second-order valence-electron chi connectivity index (χ2n) is 13.1. The lowest BCUT2D eigenvalue weighted by molar-refractivity contribution is 0.0535. The lowest BCUT2D eigenvalue weighted by Crippen LogP contribution is -2.53. The highest BCUT2D eigenvalue weighted by Crippen LogP contribution is 2.32. The number of phenols is 2. The van der Waals surface area contributed by atoms with E-state index in [0.717, 1.165) is 50.4 Å². The number of carbonyl (C=O) groups excluding carboxylic acids is 2. The Morgan fingerprint density at radius 3 is 2.16 bits per heavy atom. The molecule has 2 N–H and O–H groups in total. The molecular formula is C40H41N5O4. The van der Waals surface area contributed by atoms with Crippen molar-refractivity contribution in [1.29, 1.82) is 0 Å². The highest BCUT2D eigenvalue weighted by molar-refractivity contribution is 6.11. The van der Waals surface area contributed by atoms with E-state index in [1.807, 2.05) is 52.8 Å². The first-order valence-electron chi connectivity index (χ1n) is 16.7. The van der Waals surface area contributed by atoms with Gasteiger partial charge in [-0.15, -0.1) is 0 Å². The first-order valence-corrected chi connectivity index (χ1v) is 16.7. The predicted octanol–water partition coefficient (Wildman–Crippen LogP) is 5.99. The highest BCUT2D eigenvalue weighted by Gasteiger charge is 2.34. The molecule has 0 saturated carbocycles. The van der Waals surface area contributed by atoms with Crippen molar-refractivity contribution in [3.05, 3.63) is 137 Å². The first-order chi connectivity index (χ1) is 23.7. The fourth-order valence-electron chi connectivity index (χ4n) is 7.01. The van der Waals surface area contributed by atoms with E-state index in [1.54, 1.807) is 59.6 Å². The molecule has 0 aliphatic carbocycles. The highest BCUT2D eigenvalue weighted by atomic mass is 16.3. The number of phenolic OH excluding ortho intramolecular Hbond substituents is 2. The van der Waals surface area contributed by atoms with Crippen LogP contribution in [0.4, 0.5) is 11.4 Å². The number of aromatic nitrogens is 1. The van der Waals surface area contributed by atoms with Gasteiger partial charge in [-0.2, -0.15) is 0 Å². The monoisotopic (exact) mass is 655 g/mol. The molecule has 2 aliphatic heterocycles. The summed E-state index contributed by atoms with van der Waals surface area (Å²) in [4.78, 5) is 37.3. The molecule has 1 atom stereocenters. The normalized spacial score (nSPS) is 16.7. The number of hydrogen-bond acceptors (Lipinski definition) is 6. The molecule has 5 aromatic rings. The van der Waals surface area contributed by atoms with Gasteiger partial charge in [0.15, 0.2) is 0 Å². The summed E-state index contributed by atoms with van der Waals surface area (Å²) in [5.41, 5.74) is 5.81. The number of nitrogens with zero attached hydrogens (tertiary/aromatic N) is 5. The summed E-state index contributed by atoms with van der Waals surface area (Å²) in [6.45, 7) is 7.10. The van der Waals surface area contributed by atoms with Gasteiger partial charge in [-0.25, -0.2) is 0 Å². The molecule has 3 heterocycles. The van der Waals surface area contributed by atoms with E-state index in [1.165, 1.54) is 5.56 Å². The Bertz CT molecular complexity index is 1960. The number of likely N-dealkylation sites (N-methyl/N-ethyl adjacent to an activating group) is 1. The number of aromatic hydroxyl groups is 2. The van der Waals surface area contributed by atoms with E-state index in [-0.39, 0.29) is 29.4 Å². The standard InChI is InChI=1S/C40H41N5O4/c1-28-22-31(39(48)45(32-10-4-3-5-11-32)33-12-14-35(46)15-13-33)26-43(28)38-24-36(47)16-17-37(38)40(49)44-25-30-9-7-6-8-29(30)23-34(44)27-42-20-18-41(2)19-21-42/h3-17,22,24,26,34,46-47H,18-21,23,25,27H2,1-2H3/t34-/m0/s1. The van der Waals surface area contributed by atoms with Crippen LogP contribution in [0.2, 0.25) is 0 Å². The fourth-order valence-corrected chi connectivity index (χ4v) is 7.01. The van der Waals surface area contributed by atoms with Gasteiger partial charge in [0.2, 0.25) is 0 Å². The van der Waals surface area contributed by atoms with Crippen LogP contribution in [0.3, 0.4) is 0 Å². The van der Waals surface area contributed by atoms with E-state index in [4.69, 9.17) is 0 Å². The van der Waals surface area contributed by atoms with Crippen LogP contribution in [0.15, 0.2) is 109 Å². The number of anilines is 2. The van der Waals surface area contributed by atoms with Gasteiger partial charge in [-0.3, -0.25) is 19.4 Å². The third-order valence-electron chi connectivity index (χ3n) is 9.74. The molecule has 9 heteroatoms. The number of benzene rings is 4. The molecule has 2 aliphatic rings. The molecule has 0 radical (unpaired) electrons. The van der Waals surface area contributed by atoms with Crippen molar-refractivity contribution < 1.29 is 19.8 Å². The van der Waals surface area contributed by atoms with E-state index >= 15 is 0 Å². The second-order valence-corrected chi connectivity index (χ2v) is 13.1. The van der Waals surface area contributed by atoms with Crippen molar-refractivity contribution in [2.75, 3.05) is 44.7 Å². The molecule has 49 heavy (non-hydrogen) atoms. The van der Waals surface area contributed by atoms with Crippen molar-refractivity contribution in [1.82, 2.24) is 19.3 Å². The van der Waals surface area contributed by atoms with Crippen LogP contribution in [0.5, 0.6) is 11.5 Å². The van der Waals surface area contributed by atoms with Crippen LogP contribution < -0.4 is 4.90 Å². The molecule has 250 valence electrons. The molecule has 0 unspecified atom stereocenters. The molecule has 2 amide bonds. The van der Waals surface area contributed by atoms with Crippen LogP contribution in [-0.4, -0.2) is 87.1 Å². The van der Waals surface area contributed by atoms with Gasteiger partial charge >= 0.3 is 0 Å². The summed E-state index contributed by atoms with van der Waals surface area (Å²) in [6.07, 6.45) is 2.50. The Balaban J connectivity index is 1.24. The van der Waals surface area contributed by atoms with Crippen LogP contribution in [-0.2, 0) is 13.0 Å². The molecule has 1 saturated heterocycles. The molecule has 0 spiro atoms. The Morgan fingerprint density at radius 1 is 0.776 bits per heavy atom. The molecule has 4 aromatic carbocycles. The maximum atomic E-state index is 14.7. The minimum Gasteiger partial charge on any atom is -0.508 e. The van der Waals surface area contributed by atoms with Crippen molar-refractivity contribution in [3.63, 3.8) is 0 Å². The van der Waals surface area contributed by atoms with Gasteiger partial charge in [-0.1, -0.05) is 42.5 Å². The third-order valence-corrected chi connectivity index (χ3v) is 9.74. The van der Waals surface area contributed by atoms with Gasteiger partial charge in [0, 0.05) is 74.6 Å². The molecular weight excluding hydrogens is 614 g/mol. The smallest absolute Gasteiger partial charge is 0.264 e. The van der Waals surface area contributed by atoms with Gasteiger partial charge in [0.25, 0.3) is 11.8 Å². The lowest BCUT2D eigenvalue weighted by Gasteiger charge is -2.41. The molecule has 9 nitrogen and oxygen atoms in total. The molecule has 0 bridgehead atoms. The summed E-state index contributed by atoms with van der Waals surface area (Å²) in [5, 5.41) is 20.6. The third kappa shape index (κ3) is 6.68. The number of carbonyl (C=O) groups is 2. The van der Waals surface area contributed by atoms with Crippen LogP contribution >= 0.6 is 0 Å². The molecule has 1 aromatic heterocycles. The van der Waals surface area contributed by atoms with E-state index in [9.17, 15) is 19.8 Å². The number of fused-ring (bicyclic) bond motifs is 1. The van der Waals surface area contributed by atoms with Crippen molar-refractivity contribution in [2.45, 2.75) is 25.9 Å².